The molecular weight excluding hydrogens is 362 g/mol. The number of amides is 1. The number of carbonyl (C=O) groups is 1. The number of aromatic nitrogens is 1. The lowest BCUT2D eigenvalue weighted by Crippen LogP contribution is -2.30. The number of oxime groups is 1. The number of hydrogen-bond donors (Lipinski definition) is 1. The topological polar surface area (TPSA) is 63.6 Å². The molecule has 1 atom stereocenters. The summed E-state index contributed by atoms with van der Waals surface area (Å²) < 4.78 is 0. The maximum absolute atomic E-state index is 12.5. The Labute approximate surface area is 162 Å². The zero-order chi connectivity index (χ0) is 18.6. The van der Waals surface area contributed by atoms with Gasteiger partial charge in [0.2, 0.25) is 0 Å². The molecule has 1 unspecified atom stereocenters. The molecular formula is C21H18ClN3O2. The van der Waals surface area contributed by atoms with E-state index in [4.69, 9.17) is 16.4 Å². The maximum Gasteiger partial charge on any atom is 0.270 e. The second-order valence-electron chi connectivity index (χ2n) is 6.45. The second-order valence-corrected chi connectivity index (χ2v) is 6.86. The van der Waals surface area contributed by atoms with Gasteiger partial charge >= 0.3 is 0 Å². The third-order valence-corrected chi connectivity index (χ3v) is 4.91. The van der Waals surface area contributed by atoms with E-state index in [-0.39, 0.29) is 12.0 Å². The van der Waals surface area contributed by atoms with Crippen molar-refractivity contribution < 1.29 is 9.63 Å². The number of benzene rings is 2. The van der Waals surface area contributed by atoms with Crippen LogP contribution >= 0.6 is 11.6 Å². The van der Waals surface area contributed by atoms with Crippen LogP contribution in [0.5, 0.6) is 0 Å². The lowest BCUT2D eigenvalue weighted by Gasteiger charge is -2.09. The van der Waals surface area contributed by atoms with E-state index in [1.165, 1.54) is 0 Å². The lowest BCUT2D eigenvalue weighted by molar-refractivity contribution is 0.0859. The molecule has 0 bridgehead atoms. The Morgan fingerprint density at radius 2 is 1.96 bits per heavy atom. The fourth-order valence-electron chi connectivity index (χ4n) is 3.18. The van der Waals surface area contributed by atoms with Gasteiger partial charge < -0.3 is 10.2 Å². The standard InChI is InChI=1S/C21H18ClN3O2/c22-19-8-4-2-6-15(19)11-17-12-16(25-27-17)13-24-21(26)20-18-7-3-1-5-14(18)9-10-23-20/h1-10,17H,11-13H2,(H,24,26). The summed E-state index contributed by atoms with van der Waals surface area (Å²) in [6.07, 6.45) is 2.93. The van der Waals surface area contributed by atoms with E-state index in [2.05, 4.69) is 15.5 Å². The average molecular weight is 380 g/mol. The normalized spacial score (nSPS) is 16.0. The first-order valence-corrected chi connectivity index (χ1v) is 9.15. The van der Waals surface area contributed by atoms with Crippen molar-refractivity contribution >= 4 is 34.0 Å². The van der Waals surface area contributed by atoms with Crippen LogP contribution in [0.25, 0.3) is 10.8 Å². The predicted molar refractivity (Wildman–Crippen MR) is 106 cm³/mol. The zero-order valence-corrected chi connectivity index (χ0v) is 15.3. The van der Waals surface area contributed by atoms with Gasteiger partial charge in [0.1, 0.15) is 11.8 Å². The molecule has 1 aliphatic heterocycles. The Balaban J connectivity index is 1.35. The molecule has 27 heavy (non-hydrogen) atoms. The molecule has 0 saturated carbocycles. The first-order valence-electron chi connectivity index (χ1n) is 8.77. The van der Waals surface area contributed by atoms with Gasteiger partial charge in [0.15, 0.2) is 0 Å². The SMILES string of the molecule is O=C(NCC1=NOC(Cc2ccccc2Cl)C1)c1nccc2ccccc12. The van der Waals surface area contributed by atoms with Crippen molar-refractivity contribution in [2.24, 2.45) is 5.16 Å². The van der Waals surface area contributed by atoms with Crippen molar-refractivity contribution in [3.05, 3.63) is 77.1 Å². The minimum absolute atomic E-state index is 0.0625. The van der Waals surface area contributed by atoms with Crippen molar-refractivity contribution in [3.63, 3.8) is 0 Å². The Bertz CT molecular complexity index is 1010. The number of nitrogens with zero attached hydrogens (tertiary/aromatic N) is 2. The van der Waals surface area contributed by atoms with Crippen molar-refractivity contribution in [1.29, 1.82) is 0 Å². The largest absolute Gasteiger partial charge is 0.392 e. The molecule has 0 spiro atoms. The van der Waals surface area contributed by atoms with Crippen molar-refractivity contribution in [2.75, 3.05) is 6.54 Å². The fraction of sp³-hybridized carbons (Fsp3) is 0.190. The van der Waals surface area contributed by atoms with Crippen LogP contribution in [-0.4, -0.2) is 29.3 Å². The summed E-state index contributed by atoms with van der Waals surface area (Å²) >= 11 is 6.20. The minimum atomic E-state index is -0.218. The number of rotatable bonds is 5. The highest BCUT2D eigenvalue weighted by molar-refractivity contribution is 6.31. The van der Waals surface area contributed by atoms with Crippen molar-refractivity contribution in [1.82, 2.24) is 10.3 Å². The summed E-state index contributed by atoms with van der Waals surface area (Å²) in [5, 5.41) is 9.54. The van der Waals surface area contributed by atoms with E-state index >= 15 is 0 Å². The summed E-state index contributed by atoms with van der Waals surface area (Å²) in [4.78, 5) is 22.3. The molecule has 3 aromatic rings. The molecule has 0 radical (unpaired) electrons. The predicted octanol–water partition coefficient (Wildman–Crippen LogP) is 4.01. The molecule has 4 rings (SSSR count). The van der Waals surface area contributed by atoms with E-state index in [9.17, 15) is 4.79 Å². The van der Waals surface area contributed by atoms with Crippen LogP contribution in [0.3, 0.4) is 0 Å². The molecule has 136 valence electrons. The highest BCUT2D eigenvalue weighted by atomic mass is 35.5. The first kappa shape index (κ1) is 17.5. The summed E-state index contributed by atoms with van der Waals surface area (Å²) in [5.74, 6) is -0.218. The van der Waals surface area contributed by atoms with Crippen LogP contribution < -0.4 is 5.32 Å². The highest BCUT2D eigenvalue weighted by Gasteiger charge is 2.23. The van der Waals surface area contributed by atoms with E-state index in [0.29, 0.717) is 25.1 Å². The van der Waals surface area contributed by atoms with Crippen LogP contribution in [0.1, 0.15) is 22.5 Å². The maximum atomic E-state index is 12.5. The molecule has 1 amide bonds. The molecule has 0 aliphatic carbocycles. The van der Waals surface area contributed by atoms with Crippen LogP contribution in [0, 0.1) is 0 Å². The van der Waals surface area contributed by atoms with E-state index in [1.807, 2.05) is 54.6 Å². The smallest absolute Gasteiger partial charge is 0.270 e. The van der Waals surface area contributed by atoms with Gasteiger partial charge in [0.25, 0.3) is 5.91 Å². The Hall–Kier alpha value is -2.92. The lowest BCUT2D eigenvalue weighted by atomic mass is 10.0. The summed E-state index contributed by atoms with van der Waals surface area (Å²) in [5.41, 5.74) is 2.26. The third-order valence-electron chi connectivity index (χ3n) is 4.54. The number of halogens is 1. The third kappa shape index (κ3) is 3.93. The Kier molecular flexibility index (Phi) is 5.03. The fourth-order valence-corrected chi connectivity index (χ4v) is 3.39. The van der Waals surface area contributed by atoms with Crippen LogP contribution in [0.15, 0.2) is 65.9 Å². The Morgan fingerprint density at radius 3 is 2.85 bits per heavy atom. The Morgan fingerprint density at radius 1 is 1.15 bits per heavy atom. The van der Waals surface area contributed by atoms with E-state index in [0.717, 1.165) is 27.1 Å². The zero-order valence-electron chi connectivity index (χ0n) is 14.6. The van der Waals surface area contributed by atoms with Gasteiger partial charge in [-0.2, -0.15) is 0 Å². The van der Waals surface area contributed by atoms with Crippen LogP contribution in [0.4, 0.5) is 0 Å². The van der Waals surface area contributed by atoms with Gasteiger partial charge in [-0.15, -0.1) is 0 Å². The average Bonchev–Trinajstić information content (AvgIpc) is 3.15. The minimum Gasteiger partial charge on any atom is -0.392 e. The van der Waals surface area contributed by atoms with Gasteiger partial charge in [-0.25, -0.2) is 0 Å². The van der Waals surface area contributed by atoms with Crippen molar-refractivity contribution in [2.45, 2.75) is 18.9 Å². The first-order chi connectivity index (χ1) is 13.2. The van der Waals surface area contributed by atoms with E-state index < -0.39 is 0 Å². The molecule has 2 heterocycles. The molecule has 2 aromatic carbocycles. The number of hydrogen-bond acceptors (Lipinski definition) is 4. The number of carbonyl (C=O) groups excluding carboxylic acids is 1. The van der Waals surface area contributed by atoms with Gasteiger partial charge in [0, 0.05) is 29.4 Å². The molecule has 5 nitrogen and oxygen atoms in total. The van der Waals surface area contributed by atoms with E-state index in [1.54, 1.807) is 6.20 Å². The quantitative estimate of drug-likeness (QED) is 0.728. The molecule has 0 saturated heterocycles. The van der Waals surface area contributed by atoms with Crippen LogP contribution in [-0.2, 0) is 11.3 Å². The second kappa shape index (κ2) is 7.76. The molecule has 0 fully saturated rings. The molecule has 6 heteroatoms. The molecule has 1 N–H and O–H groups in total. The monoisotopic (exact) mass is 379 g/mol. The van der Waals surface area contributed by atoms with Gasteiger partial charge in [-0.3, -0.25) is 9.78 Å². The van der Waals surface area contributed by atoms with Crippen LogP contribution in [0.2, 0.25) is 5.02 Å². The number of nitrogens with one attached hydrogen (secondary N) is 1. The summed E-state index contributed by atoms with van der Waals surface area (Å²) in [7, 11) is 0. The van der Waals surface area contributed by atoms with Gasteiger partial charge in [-0.05, 0) is 23.1 Å². The van der Waals surface area contributed by atoms with Crippen molar-refractivity contribution in [3.8, 4) is 0 Å². The van der Waals surface area contributed by atoms with Gasteiger partial charge in [-0.1, -0.05) is 59.2 Å². The summed E-state index contributed by atoms with van der Waals surface area (Å²) in [6.45, 7) is 0.336. The highest BCUT2D eigenvalue weighted by Crippen LogP contribution is 2.22. The summed E-state index contributed by atoms with van der Waals surface area (Å²) in [6, 6.07) is 17.3. The molecule has 1 aromatic heterocycles. The van der Waals surface area contributed by atoms with Gasteiger partial charge in [0.05, 0.1) is 12.3 Å². The number of pyridine rings is 1. The number of fused-ring (bicyclic) bond motifs is 1. The molecule has 1 aliphatic rings.